The second-order valence-electron chi connectivity index (χ2n) is 4.70. The molecule has 0 fully saturated rings. The van der Waals surface area contributed by atoms with Crippen LogP contribution in [-0.2, 0) is 13.6 Å². The number of carbonyl (C=O) groups excluding carboxylic acids is 1. The van der Waals surface area contributed by atoms with E-state index < -0.39 is 0 Å². The number of nitrogens with one attached hydrogen (secondary N) is 2. The number of benzene rings is 1. The Morgan fingerprint density at radius 3 is 2.80 bits per heavy atom. The lowest BCUT2D eigenvalue weighted by Crippen LogP contribution is -2.24. The highest BCUT2D eigenvalue weighted by Crippen LogP contribution is 2.16. The SMILES string of the molecule is CCNc1ccc(C(=O)NCc2nccn2C)cc1C. The first-order valence-corrected chi connectivity index (χ1v) is 6.70. The van der Waals surface area contributed by atoms with Gasteiger partial charge < -0.3 is 15.2 Å². The summed E-state index contributed by atoms with van der Waals surface area (Å²) in [4.78, 5) is 16.3. The van der Waals surface area contributed by atoms with Crippen molar-refractivity contribution in [3.05, 3.63) is 47.5 Å². The Labute approximate surface area is 119 Å². The Morgan fingerprint density at radius 2 is 2.20 bits per heavy atom. The minimum absolute atomic E-state index is 0.0841. The van der Waals surface area contributed by atoms with Crippen LogP contribution in [0.5, 0.6) is 0 Å². The van der Waals surface area contributed by atoms with Gasteiger partial charge in [0.1, 0.15) is 5.82 Å². The maximum absolute atomic E-state index is 12.1. The lowest BCUT2D eigenvalue weighted by Gasteiger charge is -2.10. The Morgan fingerprint density at radius 1 is 1.40 bits per heavy atom. The van der Waals surface area contributed by atoms with Crippen LogP contribution in [0.3, 0.4) is 0 Å². The van der Waals surface area contributed by atoms with Crippen molar-refractivity contribution in [2.45, 2.75) is 20.4 Å². The summed E-state index contributed by atoms with van der Waals surface area (Å²) >= 11 is 0. The third-order valence-electron chi connectivity index (χ3n) is 3.18. The van der Waals surface area contributed by atoms with Crippen LogP contribution in [0.25, 0.3) is 0 Å². The largest absolute Gasteiger partial charge is 0.385 e. The Bertz CT molecular complexity index is 604. The maximum Gasteiger partial charge on any atom is 0.251 e. The monoisotopic (exact) mass is 272 g/mol. The molecule has 1 aromatic carbocycles. The van der Waals surface area contributed by atoms with Crippen molar-refractivity contribution in [3.63, 3.8) is 0 Å². The van der Waals surface area contributed by atoms with E-state index in [9.17, 15) is 4.79 Å². The maximum atomic E-state index is 12.1. The third-order valence-corrected chi connectivity index (χ3v) is 3.18. The van der Waals surface area contributed by atoms with Gasteiger partial charge in [-0.1, -0.05) is 0 Å². The van der Waals surface area contributed by atoms with Gasteiger partial charge in [0.05, 0.1) is 6.54 Å². The van der Waals surface area contributed by atoms with Gasteiger partial charge >= 0.3 is 0 Å². The van der Waals surface area contributed by atoms with Crippen LogP contribution in [0.2, 0.25) is 0 Å². The molecule has 1 amide bonds. The molecule has 2 rings (SSSR count). The zero-order valence-corrected chi connectivity index (χ0v) is 12.1. The van der Waals surface area contributed by atoms with Crippen molar-refractivity contribution in [1.29, 1.82) is 0 Å². The zero-order chi connectivity index (χ0) is 14.5. The number of carbonyl (C=O) groups is 1. The average molecular weight is 272 g/mol. The Balaban J connectivity index is 2.02. The predicted octanol–water partition coefficient (Wildman–Crippen LogP) is 2.09. The number of aromatic nitrogens is 2. The first-order valence-electron chi connectivity index (χ1n) is 6.70. The fourth-order valence-corrected chi connectivity index (χ4v) is 2.02. The fourth-order valence-electron chi connectivity index (χ4n) is 2.02. The van der Waals surface area contributed by atoms with E-state index in [2.05, 4.69) is 15.6 Å². The molecule has 0 aliphatic heterocycles. The molecular weight excluding hydrogens is 252 g/mol. The van der Waals surface area contributed by atoms with E-state index in [0.717, 1.165) is 23.6 Å². The molecule has 0 radical (unpaired) electrons. The van der Waals surface area contributed by atoms with Gasteiger partial charge in [-0.2, -0.15) is 0 Å². The molecule has 0 aliphatic rings. The van der Waals surface area contributed by atoms with E-state index >= 15 is 0 Å². The van der Waals surface area contributed by atoms with Crippen molar-refractivity contribution >= 4 is 11.6 Å². The van der Waals surface area contributed by atoms with E-state index in [1.54, 1.807) is 6.20 Å². The van der Waals surface area contributed by atoms with Gasteiger partial charge in [-0.05, 0) is 37.6 Å². The number of imidazole rings is 1. The standard InChI is InChI=1S/C15H20N4O/c1-4-16-13-6-5-12(9-11(13)2)15(20)18-10-14-17-7-8-19(14)3/h5-9,16H,4,10H2,1-3H3,(H,18,20). The van der Waals surface area contributed by atoms with Crippen molar-refractivity contribution in [2.24, 2.45) is 7.05 Å². The molecule has 1 heterocycles. The molecule has 5 heteroatoms. The summed E-state index contributed by atoms with van der Waals surface area (Å²) in [5, 5.41) is 6.14. The summed E-state index contributed by atoms with van der Waals surface area (Å²) in [6.07, 6.45) is 3.58. The minimum Gasteiger partial charge on any atom is -0.385 e. The van der Waals surface area contributed by atoms with Gasteiger partial charge in [-0.3, -0.25) is 4.79 Å². The van der Waals surface area contributed by atoms with E-state index in [4.69, 9.17) is 0 Å². The normalized spacial score (nSPS) is 10.3. The topological polar surface area (TPSA) is 59.0 Å². The fraction of sp³-hybridized carbons (Fsp3) is 0.333. The quantitative estimate of drug-likeness (QED) is 0.876. The summed E-state index contributed by atoms with van der Waals surface area (Å²) in [6.45, 7) is 5.34. The highest BCUT2D eigenvalue weighted by atomic mass is 16.1. The third kappa shape index (κ3) is 3.17. The van der Waals surface area contributed by atoms with Gasteiger partial charge in [0.2, 0.25) is 0 Å². The minimum atomic E-state index is -0.0841. The number of anilines is 1. The first kappa shape index (κ1) is 14.1. The number of hydrogen-bond donors (Lipinski definition) is 2. The van der Waals surface area contributed by atoms with Gasteiger partial charge in [-0.25, -0.2) is 4.98 Å². The zero-order valence-electron chi connectivity index (χ0n) is 12.1. The molecule has 0 saturated heterocycles. The summed E-state index contributed by atoms with van der Waals surface area (Å²) in [5.74, 6) is 0.749. The molecule has 1 aromatic heterocycles. The molecule has 106 valence electrons. The molecule has 0 saturated carbocycles. The van der Waals surface area contributed by atoms with Gasteiger partial charge in [0, 0.05) is 37.2 Å². The van der Waals surface area contributed by atoms with Crippen LogP contribution < -0.4 is 10.6 Å². The molecule has 2 aromatic rings. The molecule has 0 bridgehead atoms. The average Bonchev–Trinajstić information content (AvgIpc) is 2.84. The van der Waals surface area contributed by atoms with E-state index in [0.29, 0.717) is 12.1 Å². The van der Waals surface area contributed by atoms with Crippen LogP contribution in [0.15, 0.2) is 30.6 Å². The van der Waals surface area contributed by atoms with E-state index in [-0.39, 0.29) is 5.91 Å². The van der Waals surface area contributed by atoms with Crippen LogP contribution in [0, 0.1) is 6.92 Å². The van der Waals surface area contributed by atoms with Gasteiger partial charge in [-0.15, -0.1) is 0 Å². The second kappa shape index (κ2) is 6.23. The van der Waals surface area contributed by atoms with Crippen LogP contribution in [-0.4, -0.2) is 22.0 Å². The van der Waals surface area contributed by atoms with Gasteiger partial charge in [0.25, 0.3) is 5.91 Å². The van der Waals surface area contributed by atoms with Crippen LogP contribution >= 0.6 is 0 Å². The molecule has 0 unspecified atom stereocenters. The number of aryl methyl sites for hydroxylation is 2. The van der Waals surface area contributed by atoms with Crippen molar-refractivity contribution in [2.75, 3.05) is 11.9 Å². The van der Waals surface area contributed by atoms with E-state index in [1.165, 1.54) is 0 Å². The lowest BCUT2D eigenvalue weighted by atomic mass is 10.1. The highest BCUT2D eigenvalue weighted by molar-refractivity contribution is 5.94. The van der Waals surface area contributed by atoms with E-state index in [1.807, 2.05) is 49.9 Å². The van der Waals surface area contributed by atoms with Gasteiger partial charge in [0.15, 0.2) is 0 Å². The smallest absolute Gasteiger partial charge is 0.251 e. The van der Waals surface area contributed by atoms with Crippen molar-refractivity contribution in [3.8, 4) is 0 Å². The highest BCUT2D eigenvalue weighted by Gasteiger charge is 2.08. The summed E-state index contributed by atoms with van der Waals surface area (Å²) in [6, 6.07) is 5.67. The molecule has 20 heavy (non-hydrogen) atoms. The molecule has 0 aliphatic carbocycles. The molecular formula is C15H20N4O. The number of hydrogen-bond acceptors (Lipinski definition) is 3. The number of amides is 1. The Kier molecular flexibility index (Phi) is 4.40. The summed E-state index contributed by atoms with van der Waals surface area (Å²) in [5.41, 5.74) is 2.79. The Hall–Kier alpha value is -2.30. The summed E-state index contributed by atoms with van der Waals surface area (Å²) < 4.78 is 1.89. The lowest BCUT2D eigenvalue weighted by molar-refractivity contribution is 0.0949. The first-order chi connectivity index (χ1) is 9.61. The van der Waals surface area contributed by atoms with Crippen molar-refractivity contribution < 1.29 is 4.79 Å². The molecule has 5 nitrogen and oxygen atoms in total. The molecule has 0 atom stereocenters. The second-order valence-corrected chi connectivity index (χ2v) is 4.70. The van der Waals surface area contributed by atoms with Crippen LogP contribution in [0.1, 0.15) is 28.7 Å². The summed E-state index contributed by atoms with van der Waals surface area (Å²) in [7, 11) is 1.91. The molecule has 0 spiro atoms. The molecule has 2 N–H and O–H groups in total. The number of nitrogens with zero attached hydrogens (tertiary/aromatic N) is 2. The number of rotatable bonds is 5. The predicted molar refractivity (Wildman–Crippen MR) is 79.7 cm³/mol. The van der Waals surface area contributed by atoms with Crippen LogP contribution in [0.4, 0.5) is 5.69 Å². The van der Waals surface area contributed by atoms with Crippen molar-refractivity contribution in [1.82, 2.24) is 14.9 Å².